The Balaban J connectivity index is 3.40. The second kappa shape index (κ2) is 9.88. The van der Waals surface area contributed by atoms with Gasteiger partial charge in [0.1, 0.15) is 0 Å². The first-order valence-corrected chi connectivity index (χ1v) is 7.59. The molecule has 0 saturated heterocycles. The molecule has 0 saturated carbocycles. The molecular weight excluding hydrogens is 297 g/mol. The fraction of sp³-hybridized carbons (Fsp3) is 1.00. The van der Waals surface area contributed by atoms with Crippen molar-refractivity contribution in [1.82, 2.24) is 0 Å². The first-order chi connectivity index (χ1) is 7.12. The molecule has 0 aromatic carbocycles. The largest absolute Gasteiger partial charge is 0.330 e. The first kappa shape index (κ1) is 15.7. The minimum atomic E-state index is 0.528. The van der Waals surface area contributed by atoms with Crippen molar-refractivity contribution in [3.05, 3.63) is 0 Å². The summed E-state index contributed by atoms with van der Waals surface area (Å²) in [4.78, 5) is 0. The molecule has 0 heterocycles. The zero-order valence-electron chi connectivity index (χ0n) is 10.5. The van der Waals surface area contributed by atoms with E-state index in [4.69, 9.17) is 5.73 Å². The van der Waals surface area contributed by atoms with Crippen LogP contribution in [0.3, 0.4) is 0 Å². The number of halogens is 1. The quantitative estimate of drug-likeness (QED) is 0.353. The molecule has 0 aliphatic carbocycles. The van der Waals surface area contributed by atoms with Gasteiger partial charge in [-0.1, -0.05) is 75.0 Å². The van der Waals surface area contributed by atoms with Crippen LogP contribution in [0.4, 0.5) is 0 Å². The van der Waals surface area contributed by atoms with Crippen LogP contribution in [0.2, 0.25) is 0 Å². The van der Waals surface area contributed by atoms with Crippen molar-refractivity contribution in [2.75, 3.05) is 6.54 Å². The molecule has 0 spiro atoms. The minimum absolute atomic E-state index is 0.528. The van der Waals surface area contributed by atoms with Gasteiger partial charge in [0.15, 0.2) is 0 Å². The fourth-order valence-electron chi connectivity index (χ4n) is 1.86. The highest BCUT2D eigenvalue weighted by atomic mass is 127. The molecule has 1 atom stereocenters. The van der Waals surface area contributed by atoms with Gasteiger partial charge in [-0.15, -0.1) is 0 Å². The lowest BCUT2D eigenvalue weighted by Gasteiger charge is -2.22. The SMILES string of the molecule is CCCCCCC(C)(I)CCCCCN. The van der Waals surface area contributed by atoms with Crippen LogP contribution in [0.5, 0.6) is 0 Å². The summed E-state index contributed by atoms with van der Waals surface area (Å²) in [6.45, 7) is 5.53. The molecule has 0 fully saturated rings. The van der Waals surface area contributed by atoms with Crippen LogP contribution in [0.25, 0.3) is 0 Å². The Hall–Kier alpha value is 0.690. The van der Waals surface area contributed by atoms with Gasteiger partial charge in [-0.25, -0.2) is 0 Å². The van der Waals surface area contributed by atoms with Gasteiger partial charge in [0.25, 0.3) is 0 Å². The number of alkyl halides is 1. The third kappa shape index (κ3) is 11.0. The molecule has 1 unspecified atom stereocenters. The average molecular weight is 325 g/mol. The minimum Gasteiger partial charge on any atom is -0.330 e. The van der Waals surface area contributed by atoms with Crippen molar-refractivity contribution in [3.63, 3.8) is 0 Å². The highest BCUT2D eigenvalue weighted by molar-refractivity contribution is 14.1. The third-order valence-electron chi connectivity index (χ3n) is 2.95. The molecule has 0 aromatic heterocycles. The Bertz CT molecular complexity index is 120. The Morgan fingerprint density at radius 2 is 1.47 bits per heavy atom. The summed E-state index contributed by atoms with van der Waals surface area (Å²) >= 11 is 2.65. The van der Waals surface area contributed by atoms with Crippen molar-refractivity contribution < 1.29 is 0 Å². The molecule has 1 nitrogen and oxygen atoms in total. The van der Waals surface area contributed by atoms with Crippen molar-refractivity contribution in [1.29, 1.82) is 0 Å². The van der Waals surface area contributed by atoms with E-state index in [0.717, 1.165) is 6.54 Å². The Kier molecular flexibility index (Phi) is 10.3. The lowest BCUT2D eigenvalue weighted by molar-refractivity contribution is 0.494. The van der Waals surface area contributed by atoms with Gasteiger partial charge in [0.2, 0.25) is 0 Å². The van der Waals surface area contributed by atoms with Crippen LogP contribution in [-0.4, -0.2) is 9.97 Å². The average Bonchev–Trinajstić information content (AvgIpc) is 2.20. The Morgan fingerprint density at radius 3 is 1.93 bits per heavy atom. The van der Waals surface area contributed by atoms with Crippen LogP contribution < -0.4 is 5.73 Å². The topological polar surface area (TPSA) is 26.0 Å². The molecule has 0 rings (SSSR count). The molecule has 0 aromatic rings. The molecule has 15 heavy (non-hydrogen) atoms. The van der Waals surface area contributed by atoms with E-state index in [9.17, 15) is 0 Å². The molecule has 2 N–H and O–H groups in total. The summed E-state index contributed by atoms with van der Waals surface area (Å²) in [6.07, 6.45) is 12.2. The van der Waals surface area contributed by atoms with Crippen molar-refractivity contribution >= 4 is 22.6 Å². The monoisotopic (exact) mass is 325 g/mol. The maximum absolute atomic E-state index is 5.49. The van der Waals surface area contributed by atoms with E-state index in [1.165, 1.54) is 57.8 Å². The Morgan fingerprint density at radius 1 is 0.933 bits per heavy atom. The summed E-state index contributed by atoms with van der Waals surface area (Å²) in [7, 11) is 0. The molecule has 0 aliphatic rings. The zero-order chi connectivity index (χ0) is 11.6. The second-order valence-electron chi connectivity index (χ2n) is 4.82. The number of hydrogen-bond donors (Lipinski definition) is 1. The summed E-state index contributed by atoms with van der Waals surface area (Å²) in [5.41, 5.74) is 5.49. The molecule has 0 bridgehead atoms. The van der Waals surface area contributed by atoms with E-state index >= 15 is 0 Å². The van der Waals surface area contributed by atoms with Crippen molar-refractivity contribution in [3.8, 4) is 0 Å². The molecule has 0 amide bonds. The van der Waals surface area contributed by atoms with E-state index < -0.39 is 0 Å². The van der Waals surface area contributed by atoms with E-state index in [0.29, 0.717) is 3.42 Å². The van der Waals surface area contributed by atoms with Crippen molar-refractivity contribution in [2.24, 2.45) is 5.73 Å². The van der Waals surface area contributed by atoms with Crippen LogP contribution in [0.15, 0.2) is 0 Å². The van der Waals surface area contributed by atoms with Crippen LogP contribution in [0.1, 0.15) is 71.6 Å². The predicted octanol–water partition coefficient (Wildman–Crippen LogP) is 4.67. The predicted molar refractivity (Wildman–Crippen MR) is 78.7 cm³/mol. The van der Waals surface area contributed by atoms with E-state index in [1.54, 1.807) is 0 Å². The lowest BCUT2D eigenvalue weighted by atomic mass is 9.96. The molecule has 0 radical (unpaired) electrons. The maximum Gasteiger partial charge on any atom is 0.0194 e. The van der Waals surface area contributed by atoms with E-state index in [2.05, 4.69) is 36.4 Å². The number of rotatable bonds is 10. The third-order valence-corrected chi connectivity index (χ3v) is 4.03. The van der Waals surface area contributed by atoms with Crippen molar-refractivity contribution in [2.45, 2.75) is 75.1 Å². The second-order valence-corrected chi connectivity index (χ2v) is 7.43. The fourth-order valence-corrected chi connectivity index (χ4v) is 2.62. The van der Waals surface area contributed by atoms with Gasteiger partial charge in [-0.3, -0.25) is 0 Å². The van der Waals surface area contributed by atoms with E-state index in [-0.39, 0.29) is 0 Å². The van der Waals surface area contributed by atoms with Crippen LogP contribution in [0, 0.1) is 0 Å². The standard InChI is InChI=1S/C13H28IN/c1-3-4-5-7-10-13(2,14)11-8-6-9-12-15/h3-12,15H2,1-2H3. The zero-order valence-corrected chi connectivity index (χ0v) is 12.7. The summed E-state index contributed by atoms with van der Waals surface area (Å²) in [5, 5.41) is 0. The van der Waals surface area contributed by atoms with Crippen LogP contribution in [-0.2, 0) is 0 Å². The first-order valence-electron chi connectivity index (χ1n) is 6.51. The summed E-state index contributed by atoms with van der Waals surface area (Å²) in [6, 6.07) is 0. The van der Waals surface area contributed by atoms with Gasteiger partial charge in [0.05, 0.1) is 0 Å². The van der Waals surface area contributed by atoms with E-state index in [1.807, 2.05) is 0 Å². The summed E-state index contributed by atoms with van der Waals surface area (Å²) in [5.74, 6) is 0. The maximum atomic E-state index is 5.49. The number of nitrogens with two attached hydrogens (primary N) is 1. The summed E-state index contributed by atoms with van der Waals surface area (Å²) < 4.78 is 0.528. The molecular formula is C13H28IN. The smallest absolute Gasteiger partial charge is 0.0194 e. The molecule has 0 aliphatic heterocycles. The van der Waals surface area contributed by atoms with Gasteiger partial charge in [-0.05, 0) is 25.8 Å². The highest BCUT2D eigenvalue weighted by Gasteiger charge is 2.18. The van der Waals surface area contributed by atoms with Gasteiger partial charge >= 0.3 is 0 Å². The van der Waals surface area contributed by atoms with Gasteiger partial charge in [-0.2, -0.15) is 0 Å². The number of unbranched alkanes of at least 4 members (excludes halogenated alkanes) is 5. The lowest BCUT2D eigenvalue weighted by Crippen LogP contribution is -2.15. The normalized spacial score (nSPS) is 15.2. The van der Waals surface area contributed by atoms with Gasteiger partial charge < -0.3 is 5.73 Å². The highest BCUT2D eigenvalue weighted by Crippen LogP contribution is 2.31. The van der Waals surface area contributed by atoms with Gasteiger partial charge in [0, 0.05) is 3.42 Å². The van der Waals surface area contributed by atoms with Crippen LogP contribution >= 0.6 is 22.6 Å². The molecule has 92 valence electrons. The molecule has 2 heteroatoms. The number of hydrogen-bond acceptors (Lipinski definition) is 1. The Labute approximate surface area is 110 Å².